The molecule has 0 unspecified atom stereocenters. The minimum Gasteiger partial charge on any atom is -0.493 e. The SMILES string of the molecule is COc1ccc(C(=O)OCC(=O)c2ccc(OC(=O)c3ccc(C)cc3)cc2)cc1OC. The largest absolute Gasteiger partial charge is 0.493 e. The molecule has 0 aliphatic heterocycles. The number of hydrogen-bond donors (Lipinski definition) is 0. The van der Waals surface area contributed by atoms with Gasteiger partial charge in [0.15, 0.2) is 23.9 Å². The lowest BCUT2D eigenvalue weighted by molar-refractivity contribution is 0.0474. The number of benzene rings is 3. The van der Waals surface area contributed by atoms with Gasteiger partial charge < -0.3 is 18.9 Å². The van der Waals surface area contributed by atoms with E-state index in [-0.39, 0.29) is 5.56 Å². The van der Waals surface area contributed by atoms with Crippen molar-refractivity contribution in [2.75, 3.05) is 20.8 Å². The molecule has 0 spiro atoms. The topological polar surface area (TPSA) is 88.1 Å². The standard InChI is InChI=1S/C25H22O7/c1-16-4-6-18(7-5-16)25(28)32-20-11-8-17(9-12-20)21(26)15-31-24(27)19-10-13-22(29-2)23(14-19)30-3/h4-14H,15H2,1-3H3. The van der Waals surface area contributed by atoms with Gasteiger partial charge in [0.2, 0.25) is 0 Å². The van der Waals surface area contributed by atoms with Crippen LogP contribution in [-0.2, 0) is 4.74 Å². The molecular weight excluding hydrogens is 412 g/mol. The van der Waals surface area contributed by atoms with Crippen LogP contribution in [0, 0.1) is 6.92 Å². The van der Waals surface area contributed by atoms with E-state index in [0.717, 1.165) is 5.56 Å². The summed E-state index contributed by atoms with van der Waals surface area (Å²) in [6.45, 7) is 1.49. The Kier molecular flexibility index (Phi) is 7.23. The average molecular weight is 434 g/mol. The minimum atomic E-state index is -0.664. The van der Waals surface area contributed by atoms with E-state index in [1.54, 1.807) is 18.2 Å². The maximum Gasteiger partial charge on any atom is 0.343 e. The normalized spacial score (nSPS) is 10.2. The summed E-state index contributed by atoms with van der Waals surface area (Å²) in [5.41, 5.74) is 2.02. The summed E-state index contributed by atoms with van der Waals surface area (Å²) >= 11 is 0. The highest BCUT2D eigenvalue weighted by atomic mass is 16.5. The van der Waals surface area contributed by atoms with E-state index in [0.29, 0.717) is 28.4 Å². The molecule has 0 aromatic heterocycles. The lowest BCUT2D eigenvalue weighted by Crippen LogP contribution is -2.14. The lowest BCUT2D eigenvalue weighted by atomic mass is 10.1. The molecule has 0 N–H and O–H groups in total. The van der Waals surface area contributed by atoms with E-state index >= 15 is 0 Å². The Morgan fingerprint density at radius 2 is 1.28 bits per heavy atom. The second-order valence-corrected chi connectivity index (χ2v) is 6.85. The molecule has 0 atom stereocenters. The molecule has 3 aromatic carbocycles. The van der Waals surface area contributed by atoms with E-state index in [1.807, 2.05) is 19.1 Å². The monoisotopic (exact) mass is 434 g/mol. The first-order chi connectivity index (χ1) is 15.4. The maximum atomic E-state index is 12.4. The Labute approximate surface area is 185 Å². The van der Waals surface area contributed by atoms with Crippen LogP contribution in [0.4, 0.5) is 0 Å². The summed E-state index contributed by atoms with van der Waals surface area (Å²) in [7, 11) is 2.95. The number of Topliss-reactive ketones (excluding diaryl/α,β-unsaturated/α-hetero) is 1. The molecule has 3 aromatic rings. The molecule has 0 heterocycles. The number of carbonyl (C=O) groups excluding carboxylic acids is 3. The Morgan fingerprint density at radius 3 is 1.91 bits per heavy atom. The zero-order chi connectivity index (χ0) is 23.1. The van der Waals surface area contributed by atoms with E-state index in [1.165, 1.54) is 50.6 Å². The van der Waals surface area contributed by atoms with Crippen LogP contribution in [0.15, 0.2) is 66.7 Å². The summed E-state index contributed by atoms with van der Waals surface area (Å²) < 4.78 is 20.7. The summed E-state index contributed by atoms with van der Waals surface area (Å²) in [4.78, 5) is 36.8. The molecule has 7 heteroatoms. The van der Waals surface area contributed by atoms with Crippen molar-refractivity contribution < 1.29 is 33.3 Å². The van der Waals surface area contributed by atoms with Crippen LogP contribution in [-0.4, -0.2) is 38.5 Å². The first-order valence-corrected chi connectivity index (χ1v) is 9.72. The quantitative estimate of drug-likeness (QED) is 0.297. The number of hydrogen-bond acceptors (Lipinski definition) is 7. The van der Waals surface area contributed by atoms with Crippen molar-refractivity contribution in [1.82, 2.24) is 0 Å². The second-order valence-electron chi connectivity index (χ2n) is 6.85. The molecule has 0 saturated carbocycles. The van der Waals surface area contributed by atoms with Crippen molar-refractivity contribution in [2.45, 2.75) is 6.92 Å². The van der Waals surface area contributed by atoms with Gasteiger partial charge in [-0.1, -0.05) is 17.7 Å². The third-order valence-electron chi connectivity index (χ3n) is 4.63. The van der Waals surface area contributed by atoms with Crippen LogP contribution in [0.25, 0.3) is 0 Å². The van der Waals surface area contributed by atoms with Crippen molar-refractivity contribution in [2.24, 2.45) is 0 Å². The van der Waals surface area contributed by atoms with E-state index in [2.05, 4.69) is 0 Å². The fourth-order valence-electron chi connectivity index (χ4n) is 2.83. The van der Waals surface area contributed by atoms with Crippen molar-refractivity contribution in [3.63, 3.8) is 0 Å². The zero-order valence-corrected chi connectivity index (χ0v) is 17.9. The van der Waals surface area contributed by atoms with Gasteiger partial charge >= 0.3 is 11.9 Å². The van der Waals surface area contributed by atoms with Gasteiger partial charge in [0, 0.05) is 5.56 Å². The molecule has 0 amide bonds. The number of esters is 2. The molecule has 0 aliphatic rings. The number of methoxy groups -OCH3 is 2. The van der Waals surface area contributed by atoms with Crippen molar-refractivity contribution >= 4 is 17.7 Å². The van der Waals surface area contributed by atoms with Gasteiger partial charge in [-0.05, 0) is 61.5 Å². The second kappa shape index (κ2) is 10.3. The highest BCUT2D eigenvalue weighted by Gasteiger charge is 2.15. The molecule has 164 valence electrons. The molecule has 3 rings (SSSR count). The van der Waals surface area contributed by atoms with Crippen molar-refractivity contribution in [3.8, 4) is 17.2 Å². The average Bonchev–Trinajstić information content (AvgIpc) is 2.82. The number of aryl methyl sites for hydroxylation is 1. The van der Waals surface area contributed by atoms with Gasteiger partial charge in [0.1, 0.15) is 5.75 Å². The predicted octanol–water partition coefficient (Wildman–Crippen LogP) is 4.27. The Balaban J connectivity index is 1.57. The number of ketones is 1. The van der Waals surface area contributed by atoms with Gasteiger partial charge in [-0.3, -0.25) is 4.79 Å². The summed E-state index contributed by atoms with van der Waals surface area (Å²) in [6.07, 6.45) is 0. The molecule has 32 heavy (non-hydrogen) atoms. The fraction of sp³-hybridized carbons (Fsp3) is 0.160. The molecule has 0 aliphatic carbocycles. The van der Waals surface area contributed by atoms with Crippen molar-refractivity contribution in [3.05, 3.63) is 89.0 Å². The number of rotatable bonds is 8. The Morgan fingerprint density at radius 1 is 0.688 bits per heavy atom. The highest BCUT2D eigenvalue weighted by Crippen LogP contribution is 2.27. The van der Waals surface area contributed by atoms with Crippen LogP contribution < -0.4 is 14.2 Å². The van der Waals surface area contributed by atoms with Crippen LogP contribution in [0.1, 0.15) is 36.6 Å². The number of carbonyl (C=O) groups is 3. The molecule has 0 fully saturated rings. The van der Waals surface area contributed by atoms with Crippen LogP contribution >= 0.6 is 0 Å². The predicted molar refractivity (Wildman–Crippen MR) is 117 cm³/mol. The van der Waals surface area contributed by atoms with Gasteiger partial charge in [-0.2, -0.15) is 0 Å². The zero-order valence-electron chi connectivity index (χ0n) is 17.9. The number of ether oxygens (including phenoxy) is 4. The third-order valence-corrected chi connectivity index (χ3v) is 4.63. The lowest BCUT2D eigenvalue weighted by Gasteiger charge is -2.09. The van der Waals surface area contributed by atoms with Gasteiger partial charge in [0.25, 0.3) is 0 Å². The Bertz CT molecular complexity index is 1120. The third kappa shape index (κ3) is 5.51. The Hall–Kier alpha value is -4.13. The summed E-state index contributed by atoms with van der Waals surface area (Å²) in [5.74, 6) is -0.395. The molecule has 0 bridgehead atoms. The smallest absolute Gasteiger partial charge is 0.343 e. The fourth-order valence-corrected chi connectivity index (χ4v) is 2.83. The van der Waals surface area contributed by atoms with E-state index in [4.69, 9.17) is 18.9 Å². The molecule has 7 nitrogen and oxygen atoms in total. The first kappa shape index (κ1) is 22.6. The van der Waals surface area contributed by atoms with Crippen LogP contribution in [0.5, 0.6) is 17.2 Å². The molecule has 0 radical (unpaired) electrons. The van der Waals surface area contributed by atoms with Crippen LogP contribution in [0.2, 0.25) is 0 Å². The van der Waals surface area contributed by atoms with E-state index in [9.17, 15) is 14.4 Å². The van der Waals surface area contributed by atoms with Crippen LogP contribution in [0.3, 0.4) is 0 Å². The van der Waals surface area contributed by atoms with Gasteiger partial charge in [-0.25, -0.2) is 9.59 Å². The van der Waals surface area contributed by atoms with E-state index < -0.39 is 24.3 Å². The molecular formula is C25H22O7. The minimum absolute atomic E-state index is 0.230. The molecule has 0 saturated heterocycles. The summed E-state index contributed by atoms with van der Waals surface area (Å²) in [5, 5.41) is 0. The van der Waals surface area contributed by atoms with Crippen molar-refractivity contribution in [1.29, 1.82) is 0 Å². The van der Waals surface area contributed by atoms with Gasteiger partial charge in [-0.15, -0.1) is 0 Å². The first-order valence-electron chi connectivity index (χ1n) is 9.72. The highest BCUT2D eigenvalue weighted by molar-refractivity contribution is 5.99. The van der Waals surface area contributed by atoms with Gasteiger partial charge in [0.05, 0.1) is 25.3 Å². The summed E-state index contributed by atoms with van der Waals surface area (Å²) in [6, 6.07) is 17.6. The maximum absolute atomic E-state index is 12.4.